The summed E-state index contributed by atoms with van der Waals surface area (Å²) < 4.78 is 0. The summed E-state index contributed by atoms with van der Waals surface area (Å²) in [6, 6.07) is 0.245. The van der Waals surface area contributed by atoms with Crippen molar-refractivity contribution in [1.82, 2.24) is 4.90 Å². The van der Waals surface area contributed by atoms with Gasteiger partial charge in [-0.1, -0.05) is 13.8 Å². The van der Waals surface area contributed by atoms with Crippen LogP contribution < -0.4 is 0 Å². The van der Waals surface area contributed by atoms with Gasteiger partial charge in [0.05, 0.1) is 12.6 Å². The molecule has 2 atom stereocenters. The number of nitriles is 1. The third-order valence-electron chi connectivity index (χ3n) is 2.22. The maximum atomic E-state index is 9.26. The van der Waals surface area contributed by atoms with Crippen LogP contribution in [-0.4, -0.2) is 28.7 Å². The van der Waals surface area contributed by atoms with Crippen LogP contribution >= 0.6 is 0 Å². The molecule has 0 aromatic heterocycles. The van der Waals surface area contributed by atoms with E-state index in [0.29, 0.717) is 12.5 Å². The molecule has 0 aromatic rings. The summed E-state index contributed by atoms with van der Waals surface area (Å²) in [6.07, 6.45) is 2.54. The van der Waals surface area contributed by atoms with Gasteiger partial charge in [-0.05, 0) is 12.3 Å². The summed E-state index contributed by atoms with van der Waals surface area (Å²) in [6.45, 7) is 4.67. The molecule has 1 rings (SSSR count). The molecule has 0 bridgehead atoms. The Hall–Kier alpha value is -0.750. The topological polar surface area (TPSA) is 47.3 Å². The summed E-state index contributed by atoms with van der Waals surface area (Å²) in [5, 5.41) is 17.9. The van der Waals surface area contributed by atoms with E-state index in [1.54, 1.807) is 4.90 Å². The van der Waals surface area contributed by atoms with Gasteiger partial charge in [-0.15, -0.1) is 0 Å². The molecule has 0 aliphatic carbocycles. The van der Waals surface area contributed by atoms with Gasteiger partial charge in [-0.2, -0.15) is 5.26 Å². The Morgan fingerprint density at radius 3 is 2.64 bits per heavy atom. The van der Waals surface area contributed by atoms with Crippen LogP contribution in [0, 0.1) is 17.4 Å². The van der Waals surface area contributed by atoms with Gasteiger partial charge in [0.1, 0.15) is 0 Å². The fraction of sp³-hybridized carbons (Fsp3) is 0.875. The second kappa shape index (κ2) is 3.10. The summed E-state index contributed by atoms with van der Waals surface area (Å²) in [5.41, 5.74) is 0. The largest absolute Gasteiger partial charge is 0.391 e. The molecule has 1 aliphatic heterocycles. The standard InChI is InChI=1S/C8H14N2O/c1-6(2)8-3-7(11)4-10(8)5-9/h6-8,11H,3-4H2,1-2H3/t7-,8?/m1/s1. The second-order valence-corrected chi connectivity index (χ2v) is 3.45. The zero-order chi connectivity index (χ0) is 8.43. The number of aliphatic hydroxyl groups is 1. The molecule has 62 valence electrons. The molecule has 0 radical (unpaired) electrons. The maximum absolute atomic E-state index is 9.26. The number of nitrogens with zero attached hydrogens (tertiary/aromatic N) is 2. The van der Waals surface area contributed by atoms with Gasteiger partial charge < -0.3 is 10.0 Å². The average molecular weight is 154 g/mol. The molecule has 1 saturated heterocycles. The van der Waals surface area contributed by atoms with E-state index in [-0.39, 0.29) is 12.1 Å². The molecule has 1 fully saturated rings. The summed E-state index contributed by atoms with van der Waals surface area (Å²) in [7, 11) is 0. The number of hydrogen-bond donors (Lipinski definition) is 1. The Morgan fingerprint density at radius 1 is 1.64 bits per heavy atom. The molecule has 1 heterocycles. The van der Waals surface area contributed by atoms with Crippen LogP contribution in [0.5, 0.6) is 0 Å². The average Bonchev–Trinajstić information content (AvgIpc) is 2.30. The molecular formula is C8H14N2O. The monoisotopic (exact) mass is 154 g/mol. The van der Waals surface area contributed by atoms with Crippen LogP contribution in [0.2, 0.25) is 0 Å². The molecule has 1 N–H and O–H groups in total. The SMILES string of the molecule is CC(C)C1C[C@@H](O)CN1C#N. The van der Waals surface area contributed by atoms with Crippen molar-refractivity contribution in [2.75, 3.05) is 6.54 Å². The molecule has 0 saturated carbocycles. The first kappa shape index (κ1) is 8.35. The molecule has 0 spiro atoms. The Kier molecular flexibility index (Phi) is 2.35. The van der Waals surface area contributed by atoms with Crippen molar-refractivity contribution in [2.24, 2.45) is 5.92 Å². The van der Waals surface area contributed by atoms with E-state index in [4.69, 9.17) is 5.26 Å². The fourth-order valence-corrected chi connectivity index (χ4v) is 1.59. The highest BCUT2D eigenvalue weighted by molar-refractivity contribution is 4.93. The minimum atomic E-state index is -0.304. The highest BCUT2D eigenvalue weighted by Gasteiger charge is 2.31. The van der Waals surface area contributed by atoms with Gasteiger partial charge in [-0.25, -0.2) is 0 Å². The number of rotatable bonds is 1. The van der Waals surface area contributed by atoms with Crippen LogP contribution in [0.1, 0.15) is 20.3 Å². The fourth-order valence-electron chi connectivity index (χ4n) is 1.59. The summed E-state index contributed by atoms with van der Waals surface area (Å²) in [5.74, 6) is 0.451. The van der Waals surface area contributed by atoms with Crippen molar-refractivity contribution in [3.05, 3.63) is 0 Å². The van der Waals surface area contributed by atoms with E-state index in [9.17, 15) is 5.11 Å². The van der Waals surface area contributed by atoms with Gasteiger partial charge in [0, 0.05) is 6.04 Å². The normalized spacial score (nSPS) is 31.0. The van der Waals surface area contributed by atoms with Gasteiger partial charge in [0.15, 0.2) is 6.19 Å². The van der Waals surface area contributed by atoms with Gasteiger partial charge >= 0.3 is 0 Å². The van der Waals surface area contributed by atoms with Crippen LogP contribution in [-0.2, 0) is 0 Å². The minimum absolute atomic E-state index is 0.245. The molecule has 3 nitrogen and oxygen atoms in total. The van der Waals surface area contributed by atoms with Crippen LogP contribution in [0.25, 0.3) is 0 Å². The Bertz CT molecular complexity index is 173. The predicted molar refractivity (Wildman–Crippen MR) is 41.6 cm³/mol. The lowest BCUT2D eigenvalue weighted by Crippen LogP contribution is -2.29. The number of aliphatic hydroxyl groups excluding tert-OH is 1. The first-order valence-corrected chi connectivity index (χ1v) is 3.99. The summed E-state index contributed by atoms with van der Waals surface area (Å²) in [4.78, 5) is 1.68. The third-order valence-corrected chi connectivity index (χ3v) is 2.22. The van der Waals surface area contributed by atoms with Crippen molar-refractivity contribution in [1.29, 1.82) is 5.26 Å². The van der Waals surface area contributed by atoms with Gasteiger partial charge in [-0.3, -0.25) is 0 Å². The van der Waals surface area contributed by atoms with E-state index in [1.165, 1.54) is 0 Å². The Morgan fingerprint density at radius 2 is 2.27 bits per heavy atom. The van der Waals surface area contributed by atoms with Crippen LogP contribution in [0.15, 0.2) is 0 Å². The van der Waals surface area contributed by atoms with E-state index in [0.717, 1.165) is 6.42 Å². The van der Waals surface area contributed by atoms with Crippen molar-refractivity contribution in [2.45, 2.75) is 32.4 Å². The van der Waals surface area contributed by atoms with Crippen molar-refractivity contribution < 1.29 is 5.11 Å². The zero-order valence-corrected chi connectivity index (χ0v) is 6.99. The zero-order valence-electron chi connectivity index (χ0n) is 6.99. The number of β-amino-alcohol motifs (C(OH)–C–C–N with tert-alkyl or cyclic N) is 1. The molecule has 0 amide bonds. The molecule has 1 unspecified atom stereocenters. The quantitative estimate of drug-likeness (QED) is 0.561. The molecule has 0 aromatic carbocycles. The molecule has 3 heteroatoms. The predicted octanol–water partition coefficient (Wildman–Crippen LogP) is 0.559. The Labute approximate surface area is 67.2 Å². The summed E-state index contributed by atoms with van der Waals surface area (Å²) >= 11 is 0. The highest BCUT2D eigenvalue weighted by Crippen LogP contribution is 2.22. The van der Waals surface area contributed by atoms with Gasteiger partial charge in [0.25, 0.3) is 0 Å². The van der Waals surface area contributed by atoms with Crippen LogP contribution in [0.3, 0.4) is 0 Å². The maximum Gasteiger partial charge on any atom is 0.179 e. The minimum Gasteiger partial charge on any atom is -0.391 e. The van der Waals surface area contributed by atoms with Crippen LogP contribution in [0.4, 0.5) is 0 Å². The number of likely N-dealkylation sites (tertiary alicyclic amines) is 1. The lowest BCUT2D eigenvalue weighted by atomic mass is 10.0. The highest BCUT2D eigenvalue weighted by atomic mass is 16.3. The van der Waals surface area contributed by atoms with E-state index in [2.05, 4.69) is 20.0 Å². The van der Waals surface area contributed by atoms with E-state index in [1.807, 2.05) is 0 Å². The molecule has 1 aliphatic rings. The smallest absolute Gasteiger partial charge is 0.179 e. The van der Waals surface area contributed by atoms with Gasteiger partial charge in [0.2, 0.25) is 0 Å². The third kappa shape index (κ3) is 1.63. The number of hydrogen-bond acceptors (Lipinski definition) is 3. The molecular weight excluding hydrogens is 140 g/mol. The lowest BCUT2D eigenvalue weighted by Gasteiger charge is -2.20. The van der Waals surface area contributed by atoms with Crippen molar-refractivity contribution in [3.8, 4) is 6.19 Å². The lowest BCUT2D eigenvalue weighted by molar-refractivity contribution is 0.186. The Balaban J connectivity index is 2.59. The second-order valence-electron chi connectivity index (χ2n) is 3.45. The first-order valence-electron chi connectivity index (χ1n) is 3.99. The molecule has 11 heavy (non-hydrogen) atoms. The van der Waals surface area contributed by atoms with E-state index >= 15 is 0 Å². The van der Waals surface area contributed by atoms with Crippen molar-refractivity contribution >= 4 is 0 Å². The van der Waals surface area contributed by atoms with E-state index < -0.39 is 0 Å². The van der Waals surface area contributed by atoms with Crippen molar-refractivity contribution in [3.63, 3.8) is 0 Å². The first-order chi connectivity index (χ1) is 5.15.